The minimum absolute atomic E-state index is 0.207. The summed E-state index contributed by atoms with van der Waals surface area (Å²) in [5.41, 5.74) is 1.29. The van der Waals surface area contributed by atoms with Crippen molar-refractivity contribution in [3.05, 3.63) is 41.0 Å². The Kier molecular flexibility index (Phi) is 5.71. The van der Waals surface area contributed by atoms with E-state index in [4.69, 9.17) is 25.8 Å². The quantitative estimate of drug-likeness (QED) is 0.783. The Morgan fingerprint density at radius 1 is 1.21 bits per heavy atom. The van der Waals surface area contributed by atoms with Crippen molar-refractivity contribution in [3.8, 4) is 17.4 Å². The average molecular weight is 404 g/mol. The first-order valence-corrected chi connectivity index (χ1v) is 9.81. The van der Waals surface area contributed by atoms with Crippen LogP contribution in [0, 0.1) is 0 Å². The van der Waals surface area contributed by atoms with Crippen molar-refractivity contribution in [1.82, 2.24) is 10.3 Å². The van der Waals surface area contributed by atoms with Crippen molar-refractivity contribution in [2.24, 2.45) is 0 Å². The Hall–Kier alpha value is -2.67. The van der Waals surface area contributed by atoms with Crippen LogP contribution in [0.3, 0.4) is 0 Å². The molecule has 0 atom stereocenters. The summed E-state index contributed by atoms with van der Waals surface area (Å²) in [6.45, 7) is 1.24. The van der Waals surface area contributed by atoms with Crippen LogP contribution < -0.4 is 24.8 Å². The number of rotatable bonds is 5. The zero-order chi connectivity index (χ0) is 19.3. The lowest BCUT2D eigenvalue weighted by atomic mass is 10.2. The highest BCUT2D eigenvalue weighted by atomic mass is 35.5. The van der Waals surface area contributed by atoms with Crippen molar-refractivity contribution in [2.75, 3.05) is 18.5 Å². The molecule has 1 aliphatic carbocycles. The van der Waals surface area contributed by atoms with E-state index in [2.05, 4.69) is 15.6 Å². The molecule has 1 aromatic heterocycles. The zero-order valence-corrected chi connectivity index (χ0v) is 16.1. The van der Waals surface area contributed by atoms with Crippen molar-refractivity contribution >= 4 is 23.3 Å². The Bertz CT molecular complexity index is 855. The second-order valence-electron chi connectivity index (χ2n) is 6.78. The molecule has 8 heteroatoms. The summed E-state index contributed by atoms with van der Waals surface area (Å²) in [6, 6.07) is 6.65. The first kappa shape index (κ1) is 18.7. The van der Waals surface area contributed by atoms with Crippen LogP contribution in [0.2, 0.25) is 5.02 Å². The van der Waals surface area contributed by atoms with Crippen LogP contribution in [-0.4, -0.2) is 30.3 Å². The van der Waals surface area contributed by atoms with Crippen molar-refractivity contribution < 1.29 is 19.0 Å². The molecule has 2 heterocycles. The van der Waals surface area contributed by atoms with Gasteiger partial charge in [-0.25, -0.2) is 9.78 Å². The Labute approximate surface area is 168 Å². The lowest BCUT2D eigenvalue weighted by Crippen LogP contribution is -2.29. The maximum atomic E-state index is 12.3. The van der Waals surface area contributed by atoms with Gasteiger partial charge in [-0.05, 0) is 31.7 Å². The smallest absolute Gasteiger partial charge is 0.319 e. The summed E-state index contributed by atoms with van der Waals surface area (Å²) in [5, 5.41) is 5.94. The highest BCUT2D eigenvalue weighted by Crippen LogP contribution is 2.37. The Morgan fingerprint density at radius 2 is 1.96 bits per heavy atom. The van der Waals surface area contributed by atoms with E-state index in [1.165, 1.54) is 12.8 Å². The van der Waals surface area contributed by atoms with Crippen molar-refractivity contribution in [2.45, 2.75) is 38.3 Å². The summed E-state index contributed by atoms with van der Waals surface area (Å²) in [6.07, 6.45) is 6.37. The average Bonchev–Trinajstić information content (AvgIpc) is 3.21. The normalized spacial score (nSPS) is 15.9. The molecule has 4 rings (SSSR count). The molecule has 0 unspecified atom stereocenters. The topological polar surface area (TPSA) is 81.7 Å². The minimum Gasteiger partial charge on any atom is -0.486 e. The Balaban J connectivity index is 1.37. The number of anilines is 1. The van der Waals surface area contributed by atoms with Crippen molar-refractivity contribution in [1.29, 1.82) is 0 Å². The van der Waals surface area contributed by atoms with Crippen LogP contribution in [-0.2, 0) is 6.54 Å². The van der Waals surface area contributed by atoms with E-state index in [1.54, 1.807) is 18.3 Å². The third-order valence-electron chi connectivity index (χ3n) is 4.75. The second kappa shape index (κ2) is 8.56. The molecule has 0 saturated heterocycles. The fourth-order valence-electron chi connectivity index (χ4n) is 3.33. The van der Waals surface area contributed by atoms with Gasteiger partial charge in [-0.1, -0.05) is 17.7 Å². The van der Waals surface area contributed by atoms with Gasteiger partial charge in [-0.3, -0.25) is 0 Å². The van der Waals surface area contributed by atoms with Gasteiger partial charge < -0.3 is 24.8 Å². The molecule has 2 N–H and O–H groups in total. The summed E-state index contributed by atoms with van der Waals surface area (Å²) in [4.78, 5) is 16.7. The highest BCUT2D eigenvalue weighted by molar-refractivity contribution is 6.34. The summed E-state index contributed by atoms with van der Waals surface area (Å²) in [7, 11) is 0. The largest absolute Gasteiger partial charge is 0.486 e. The first-order chi connectivity index (χ1) is 13.7. The molecule has 148 valence electrons. The number of fused-ring (bicyclic) bond motifs is 1. The van der Waals surface area contributed by atoms with E-state index in [1.807, 2.05) is 12.1 Å². The molecular formula is C20H22ClN3O4. The standard InChI is InChI=1S/C20H22ClN3O4/c21-15-10-17-18(27-9-8-26-17)11-16(15)24-20(25)23-12-13-4-3-7-22-19(13)28-14-5-1-2-6-14/h3-4,7,10-11,14H,1-2,5-6,8-9,12H2,(H2,23,24,25). The molecule has 2 aliphatic rings. The van der Waals surface area contributed by atoms with E-state index in [9.17, 15) is 4.79 Å². The van der Waals surface area contributed by atoms with Crippen LogP contribution in [0.5, 0.6) is 17.4 Å². The van der Waals surface area contributed by atoms with Gasteiger partial charge in [-0.15, -0.1) is 0 Å². The van der Waals surface area contributed by atoms with E-state index in [0.717, 1.165) is 18.4 Å². The number of ether oxygens (including phenoxy) is 3. The third-order valence-corrected chi connectivity index (χ3v) is 5.06. The SMILES string of the molecule is O=C(NCc1cccnc1OC1CCCC1)Nc1cc2c(cc1Cl)OCCO2. The van der Waals surface area contributed by atoms with Crippen LogP contribution in [0.4, 0.5) is 10.5 Å². The number of hydrogen-bond acceptors (Lipinski definition) is 5. The van der Waals surface area contributed by atoms with Gasteiger partial charge in [0, 0.05) is 30.4 Å². The Morgan fingerprint density at radius 3 is 2.75 bits per heavy atom. The molecule has 2 amide bonds. The number of nitrogens with zero attached hydrogens (tertiary/aromatic N) is 1. The molecule has 2 aromatic rings. The summed E-state index contributed by atoms with van der Waals surface area (Å²) >= 11 is 6.23. The number of amides is 2. The van der Waals surface area contributed by atoms with Crippen LogP contribution >= 0.6 is 11.6 Å². The fourth-order valence-corrected chi connectivity index (χ4v) is 3.53. The maximum Gasteiger partial charge on any atom is 0.319 e. The van der Waals surface area contributed by atoms with Gasteiger partial charge in [0.25, 0.3) is 0 Å². The molecule has 1 fully saturated rings. The molecule has 1 saturated carbocycles. The fraction of sp³-hybridized carbons (Fsp3) is 0.400. The molecule has 0 spiro atoms. The number of halogens is 1. The van der Waals surface area contributed by atoms with Crippen LogP contribution in [0.15, 0.2) is 30.5 Å². The molecule has 28 heavy (non-hydrogen) atoms. The van der Waals surface area contributed by atoms with E-state index in [-0.39, 0.29) is 12.1 Å². The number of carbonyl (C=O) groups is 1. The number of pyridine rings is 1. The van der Waals surface area contributed by atoms with E-state index < -0.39 is 0 Å². The van der Waals surface area contributed by atoms with Gasteiger partial charge in [-0.2, -0.15) is 0 Å². The van der Waals surface area contributed by atoms with E-state index >= 15 is 0 Å². The molecule has 0 radical (unpaired) electrons. The van der Waals surface area contributed by atoms with Crippen LogP contribution in [0.1, 0.15) is 31.2 Å². The number of hydrogen-bond donors (Lipinski definition) is 2. The molecule has 7 nitrogen and oxygen atoms in total. The first-order valence-electron chi connectivity index (χ1n) is 9.43. The predicted octanol–water partition coefficient (Wildman–Crippen LogP) is 4.15. The number of benzene rings is 1. The van der Waals surface area contributed by atoms with Crippen molar-refractivity contribution in [3.63, 3.8) is 0 Å². The number of urea groups is 1. The lowest BCUT2D eigenvalue weighted by Gasteiger charge is -2.20. The maximum absolute atomic E-state index is 12.3. The molecule has 1 aromatic carbocycles. The monoisotopic (exact) mass is 403 g/mol. The highest BCUT2D eigenvalue weighted by Gasteiger charge is 2.19. The van der Waals surface area contributed by atoms with E-state index in [0.29, 0.717) is 47.8 Å². The minimum atomic E-state index is -0.380. The summed E-state index contributed by atoms with van der Waals surface area (Å²) in [5.74, 6) is 1.71. The lowest BCUT2D eigenvalue weighted by molar-refractivity contribution is 0.171. The van der Waals surface area contributed by atoms with Gasteiger partial charge >= 0.3 is 6.03 Å². The number of aromatic nitrogens is 1. The van der Waals surface area contributed by atoms with Gasteiger partial charge in [0.1, 0.15) is 19.3 Å². The predicted molar refractivity (Wildman–Crippen MR) is 105 cm³/mol. The number of carbonyl (C=O) groups excluding carboxylic acids is 1. The molecule has 1 aliphatic heterocycles. The molecule has 0 bridgehead atoms. The van der Waals surface area contributed by atoms with Gasteiger partial charge in [0.2, 0.25) is 5.88 Å². The zero-order valence-electron chi connectivity index (χ0n) is 15.4. The van der Waals surface area contributed by atoms with Crippen LogP contribution in [0.25, 0.3) is 0 Å². The molecular weight excluding hydrogens is 382 g/mol. The summed E-state index contributed by atoms with van der Waals surface area (Å²) < 4.78 is 17.0. The second-order valence-corrected chi connectivity index (χ2v) is 7.18. The third kappa shape index (κ3) is 4.42. The van der Waals surface area contributed by atoms with Gasteiger partial charge in [0.15, 0.2) is 11.5 Å². The van der Waals surface area contributed by atoms with Gasteiger partial charge in [0.05, 0.1) is 10.7 Å². The number of nitrogens with one attached hydrogen (secondary N) is 2.